The Morgan fingerprint density at radius 3 is 2.03 bits per heavy atom. The maximum Gasteiger partial charge on any atom is 0.283 e. The minimum atomic E-state index is -3.78. The van der Waals surface area contributed by atoms with Gasteiger partial charge in [0.05, 0.1) is 12.0 Å². The van der Waals surface area contributed by atoms with Gasteiger partial charge in [0, 0.05) is 18.5 Å². The van der Waals surface area contributed by atoms with E-state index in [-0.39, 0.29) is 10.9 Å². The van der Waals surface area contributed by atoms with E-state index in [0.717, 1.165) is 25.1 Å². The quantitative estimate of drug-likeness (QED) is 0.339. The van der Waals surface area contributed by atoms with Gasteiger partial charge in [-0.1, -0.05) is 64.2 Å². The van der Waals surface area contributed by atoms with E-state index in [1.165, 1.54) is 64.2 Å². The predicted octanol–water partition coefficient (Wildman–Crippen LogP) is 6.58. The lowest BCUT2D eigenvalue weighted by atomic mass is 9.86. The van der Waals surface area contributed by atoms with Crippen LogP contribution in [-0.4, -0.2) is 38.3 Å². The van der Waals surface area contributed by atoms with Crippen LogP contribution in [0.2, 0.25) is 0 Å². The summed E-state index contributed by atoms with van der Waals surface area (Å²) in [6.45, 7) is 4.38. The monoisotopic (exact) mass is 462 g/mol. The molecule has 0 N–H and O–H groups in total. The fraction of sp³-hybridized carbons (Fsp3) is 0.731. The van der Waals surface area contributed by atoms with Crippen LogP contribution in [0.25, 0.3) is 0 Å². The second-order valence-electron chi connectivity index (χ2n) is 9.87. The number of sulfonamides is 1. The highest BCUT2D eigenvalue weighted by Gasteiger charge is 2.29. The smallest absolute Gasteiger partial charge is 0.283 e. The molecule has 2 saturated carbocycles. The number of amidine groups is 1. The van der Waals surface area contributed by atoms with E-state index in [0.29, 0.717) is 17.7 Å². The van der Waals surface area contributed by atoms with Crippen LogP contribution in [0.5, 0.6) is 5.75 Å². The second-order valence-corrected chi connectivity index (χ2v) is 11.5. The number of benzene rings is 1. The van der Waals surface area contributed by atoms with Gasteiger partial charge < -0.3 is 9.64 Å². The number of ether oxygens (including phenoxy) is 1. The van der Waals surface area contributed by atoms with E-state index in [1.807, 2.05) is 0 Å². The summed E-state index contributed by atoms with van der Waals surface area (Å²) in [6.07, 6.45) is 15.5. The minimum Gasteiger partial charge on any atom is -0.497 e. The summed E-state index contributed by atoms with van der Waals surface area (Å²) in [4.78, 5) is 2.61. The molecule has 0 spiro atoms. The van der Waals surface area contributed by atoms with Crippen molar-refractivity contribution in [2.45, 2.75) is 114 Å². The maximum absolute atomic E-state index is 13.4. The molecule has 0 saturated heterocycles. The molecule has 32 heavy (non-hydrogen) atoms. The van der Waals surface area contributed by atoms with Crippen molar-refractivity contribution >= 4 is 15.9 Å². The number of rotatable bonds is 7. The summed E-state index contributed by atoms with van der Waals surface area (Å²) in [7, 11) is -2.20. The molecule has 180 valence electrons. The molecule has 1 aromatic rings. The molecule has 3 rings (SSSR count). The molecule has 0 amide bonds. The molecule has 2 aliphatic carbocycles. The van der Waals surface area contributed by atoms with E-state index in [9.17, 15) is 8.42 Å². The highest BCUT2D eigenvalue weighted by atomic mass is 32.2. The van der Waals surface area contributed by atoms with Gasteiger partial charge in [-0.05, 0) is 56.9 Å². The Balaban J connectivity index is 1.95. The third kappa shape index (κ3) is 6.97. The third-order valence-corrected chi connectivity index (χ3v) is 8.42. The lowest BCUT2D eigenvalue weighted by Gasteiger charge is -2.40. The van der Waals surface area contributed by atoms with Crippen LogP contribution in [0.1, 0.15) is 97.3 Å². The van der Waals surface area contributed by atoms with Gasteiger partial charge in [-0.2, -0.15) is 8.42 Å². The number of hydrogen-bond donors (Lipinski definition) is 0. The Labute approximate surface area is 195 Å². The van der Waals surface area contributed by atoms with E-state index >= 15 is 0 Å². The van der Waals surface area contributed by atoms with Gasteiger partial charge in [0.25, 0.3) is 10.0 Å². The van der Waals surface area contributed by atoms with Crippen molar-refractivity contribution in [3.63, 3.8) is 0 Å². The van der Waals surface area contributed by atoms with Gasteiger partial charge in [0.2, 0.25) is 0 Å². The van der Waals surface area contributed by atoms with Gasteiger partial charge in [0.15, 0.2) is 0 Å². The molecule has 0 radical (unpaired) electrons. The molecule has 0 heterocycles. The van der Waals surface area contributed by atoms with Crippen LogP contribution >= 0.6 is 0 Å². The fourth-order valence-electron chi connectivity index (χ4n) is 5.42. The van der Waals surface area contributed by atoms with E-state index in [4.69, 9.17) is 4.74 Å². The predicted molar refractivity (Wildman–Crippen MR) is 132 cm³/mol. The lowest BCUT2D eigenvalue weighted by Crippen LogP contribution is -2.46. The minimum absolute atomic E-state index is 0.229. The van der Waals surface area contributed by atoms with Crippen molar-refractivity contribution in [1.29, 1.82) is 0 Å². The van der Waals surface area contributed by atoms with E-state index in [1.54, 1.807) is 31.4 Å². The fourth-order valence-corrected chi connectivity index (χ4v) is 6.45. The standard InChI is InChI=1S/C26H42N2O3S/c1-21(2)28(23-14-10-5-4-6-11-15-23)26(20-22-12-8-7-9-13-22)27-32(29,30)25-18-16-24(31-3)17-19-25/h16-19,21-23H,4-15,20H2,1-3H3/b27-26+. The molecule has 0 atom stereocenters. The van der Waals surface area contributed by atoms with Crippen LogP contribution in [0.15, 0.2) is 33.6 Å². The third-order valence-electron chi connectivity index (χ3n) is 7.10. The second kappa shape index (κ2) is 12.1. The summed E-state index contributed by atoms with van der Waals surface area (Å²) in [5, 5.41) is 0. The normalized spacial score (nSPS) is 20.1. The van der Waals surface area contributed by atoms with E-state index in [2.05, 4.69) is 23.1 Å². The molecular formula is C26H42N2O3S. The Bertz CT molecular complexity index is 819. The van der Waals surface area contributed by atoms with Gasteiger partial charge >= 0.3 is 0 Å². The molecular weight excluding hydrogens is 420 g/mol. The molecule has 0 bridgehead atoms. The van der Waals surface area contributed by atoms with E-state index < -0.39 is 10.0 Å². The molecule has 1 aromatic carbocycles. The summed E-state index contributed by atoms with van der Waals surface area (Å²) in [5.41, 5.74) is 0. The highest BCUT2D eigenvalue weighted by molar-refractivity contribution is 7.90. The van der Waals surface area contributed by atoms with Crippen LogP contribution in [0, 0.1) is 5.92 Å². The SMILES string of the molecule is COc1ccc(S(=O)(=O)/N=C(\CC2CCCCC2)N(C(C)C)C2CCCCCCC2)cc1. The summed E-state index contributed by atoms with van der Waals surface area (Å²) in [6, 6.07) is 7.20. The first-order valence-electron chi connectivity index (χ1n) is 12.7. The van der Waals surface area contributed by atoms with Crippen molar-refractivity contribution in [3.8, 4) is 5.75 Å². The van der Waals surface area contributed by atoms with Crippen molar-refractivity contribution in [1.82, 2.24) is 4.90 Å². The van der Waals surface area contributed by atoms with Crippen molar-refractivity contribution in [3.05, 3.63) is 24.3 Å². The maximum atomic E-state index is 13.4. The van der Waals surface area contributed by atoms with Gasteiger partial charge in [-0.25, -0.2) is 0 Å². The molecule has 0 aromatic heterocycles. The first kappa shape index (κ1) is 25.1. The average Bonchev–Trinajstić information content (AvgIpc) is 2.75. The zero-order valence-electron chi connectivity index (χ0n) is 20.3. The topological polar surface area (TPSA) is 59.0 Å². The van der Waals surface area contributed by atoms with Gasteiger partial charge in [0.1, 0.15) is 11.6 Å². The number of nitrogens with zero attached hydrogens (tertiary/aromatic N) is 2. The average molecular weight is 463 g/mol. The molecule has 6 heteroatoms. The van der Waals surface area contributed by atoms with Gasteiger partial charge in [-0.3, -0.25) is 0 Å². The summed E-state index contributed by atoms with van der Waals surface area (Å²) < 4.78 is 36.5. The zero-order chi connectivity index (χ0) is 23.0. The summed E-state index contributed by atoms with van der Waals surface area (Å²) in [5.74, 6) is 1.96. The Morgan fingerprint density at radius 2 is 1.47 bits per heavy atom. The van der Waals surface area contributed by atoms with Crippen molar-refractivity contribution in [2.75, 3.05) is 7.11 Å². The number of methoxy groups -OCH3 is 1. The molecule has 2 fully saturated rings. The van der Waals surface area contributed by atoms with Crippen LogP contribution in [-0.2, 0) is 10.0 Å². The Kier molecular flexibility index (Phi) is 9.45. The zero-order valence-corrected chi connectivity index (χ0v) is 21.1. The highest BCUT2D eigenvalue weighted by Crippen LogP contribution is 2.31. The Hall–Kier alpha value is -1.56. The first-order chi connectivity index (χ1) is 15.4. The first-order valence-corrected chi connectivity index (χ1v) is 14.1. The number of hydrogen-bond acceptors (Lipinski definition) is 3. The molecule has 5 nitrogen and oxygen atoms in total. The van der Waals surface area contributed by atoms with Gasteiger partial charge in [-0.15, -0.1) is 4.40 Å². The van der Waals surface area contributed by atoms with Crippen LogP contribution in [0.4, 0.5) is 0 Å². The van der Waals surface area contributed by atoms with Crippen molar-refractivity contribution in [2.24, 2.45) is 10.3 Å². The van der Waals surface area contributed by atoms with Crippen LogP contribution in [0.3, 0.4) is 0 Å². The van der Waals surface area contributed by atoms with Crippen molar-refractivity contribution < 1.29 is 13.2 Å². The summed E-state index contributed by atoms with van der Waals surface area (Å²) >= 11 is 0. The largest absolute Gasteiger partial charge is 0.497 e. The molecule has 2 aliphatic rings. The Morgan fingerprint density at radius 1 is 0.938 bits per heavy atom. The molecule has 0 unspecified atom stereocenters. The molecule has 0 aliphatic heterocycles. The van der Waals surface area contributed by atoms with Crippen LogP contribution < -0.4 is 4.74 Å². The lowest BCUT2D eigenvalue weighted by molar-refractivity contribution is 0.211.